The van der Waals surface area contributed by atoms with Crippen molar-refractivity contribution >= 4 is 27.3 Å². The number of carbonyl (C=O) groups excluding carboxylic acids is 1. The normalized spacial score (nSPS) is 21.1. The molecule has 0 radical (unpaired) electrons. The maximum Gasteiger partial charge on any atom is 0.238 e. The van der Waals surface area contributed by atoms with Gasteiger partial charge in [-0.25, -0.2) is 8.42 Å². The van der Waals surface area contributed by atoms with Gasteiger partial charge in [-0.05, 0) is 24.3 Å². The summed E-state index contributed by atoms with van der Waals surface area (Å²) in [5, 5.41) is 4.74. The third-order valence-electron chi connectivity index (χ3n) is 2.95. The molecule has 0 unspecified atom stereocenters. The van der Waals surface area contributed by atoms with Crippen molar-refractivity contribution < 1.29 is 13.2 Å². The van der Waals surface area contributed by atoms with Gasteiger partial charge in [0.15, 0.2) is 0 Å². The molecule has 1 fully saturated rings. The third kappa shape index (κ3) is 3.09. The summed E-state index contributed by atoms with van der Waals surface area (Å²) in [4.78, 5) is 13.0. The smallest absolute Gasteiger partial charge is 0.238 e. The van der Waals surface area contributed by atoms with E-state index in [1.807, 2.05) is 17.5 Å². The van der Waals surface area contributed by atoms with Gasteiger partial charge < -0.3 is 5.32 Å². The molecule has 1 aliphatic heterocycles. The summed E-state index contributed by atoms with van der Waals surface area (Å²) in [6, 6.07) is 3.32. The predicted molar refractivity (Wildman–Crippen MR) is 70.7 cm³/mol. The minimum atomic E-state index is -3.29. The van der Waals surface area contributed by atoms with Crippen LogP contribution in [0.25, 0.3) is 0 Å². The summed E-state index contributed by atoms with van der Waals surface area (Å²) >= 11 is 1.57. The van der Waals surface area contributed by atoms with Gasteiger partial charge in [0.25, 0.3) is 0 Å². The number of thiophene rings is 1. The van der Waals surface area contributed by atoms with Gasteiger partial charge in [-0.2, -0.15) is 4.31 Å². The maximum absolute atomic E-state index is 12.0. The van der Waals surface area contributed by atoms with Crippen LogP contribution in [0.3, 0.4) is 0 Å². The Morgan fingerprint density at radius 2 is 2.39 bits per heavy atom. The summed E-state index contributed by atoms with van der Waals surface area (Å²) in [6.45, 7) is 0.903. The van der Waals surface area contributed by atoms with Crippen molar-refractivity contribution in [1.82, 2.24) is 9.62 Å². The van der Waals surface area contributed by atoms with Crippen molar-refractivity contribution in [3.05, 3.63) is 22.4 Å². The molecule has 1 amide bonds. The Morgan fingerprint density at radius 3 is 3.00 bits per heavy atom. The van der Waals surface area contributed by atoms with E-state index in [-0.39, 0.29) is 5.91 Å². The van der Waals surface area contributed by atoms with Crippen LogP contribution in [-0.4, -0.2) is 37.5 Å². The van der Waals surface area contributed by atoms with Crippen LogP contribution in [0.2, 0.25) is 0 Å². The third-order valence-corrected chi connectivity index (χ3v) is 5.11. The van der Waals surface area contributed by atoms with Gasteiger partial charge in [-0.3, -0.25) is 4.79 Å². The van der Waals surface area contributed by atoms with Gasteiger partial charge in [0.05, 0.1) is 12.8 Å². The monoisotopic (exact) mass is 288 g/mol. The van der Waals surface area contributed by atoms with Crippen molar-refractivity contribution in [2.75, 3.05) is 12.8 Å². The van der Waals surface area contributed by atoms with Gasteiger partial charge in [0.2, 0.25) is 15.9 Å². The van der Waals surface area contributed by atoms with E-state index in [0.717, 1.165) is 17.6 Å². The lowest BCUT2D eigenvalue weighted by Crippen LogP contribution is -2.45. The number of hydrogen-bond acceptors (Lipinski definition) is 4. The Bertz CT molecular complexity index is 510. The number of rotatable bonds is 4. The fourth-order valence-electron chi connectivity index (χ4n) is 2.10. The summed E-state index contributed by atoms with van der Waals surface area (Å²) in [5.41, 5.74) is 0. The van der Waals surface area contributed by atoms with Crippen LogP contribution in [-0.2, 0) is 21.4 Å². The minimum absolute atomic E-state index is 0.202. The SMILES string of the molecule is CS(=O)(=O)N1CCC[C@@H]1C(=O)NCc1cccs1. The minimum Gasteiger partial charge on any atom is -0.350 e. The van der Waals surface area contributed by atoms with Crippen LogP contribution in [0.4, 0.5) is 0 Å². The largest absolute Gasteiger partial charge is 0.350 e. The van der Waals surface area contributed by atoms with E-state index in [4.69, 9.17) is 0 Å². The second-order valence-electron chi connectivity index (χ2n) is 4.33. The Hall–Kier alpha value is -0.920. The van der Waals surface area contributed by atoms with Crippen LogP contribution >= 0.6 is 11.3 Å². The average Bonchev–Trinajstić information content (AvgIpc) is 2.95. The number of nitrogens with one attached hydrogen (secondary N) is 1. The first-order valence-corrected chi connectivity index (χ1v) is 8.48. The first-order valence-electron chi connectivity index (χ1n) is 5.75. The molecule has 0 bridgehead atoms. The van der Waals surface area contributed by atoms with Gasteiger partial charge >= 0.3 is 0 Å². The van der Waals surface area contributed by atoms with Crippen molar-refractivity contribution in [2.45, 2.75) is 25.4 Å². The Balaban J connectivity index is 1.96. The van der Waals surface area contributed by atoms with E-state index in [2.05, 4.69) is 5.32 Å². The molecule has 0 aromatic carbocycles. The molecule has 1 aromatic heterocycles. The number of nitrogens with zero attached hydrogens (tertiary/aromatic N) is 1. The van der Waals surface area contributed by atoms with Gasteiger partial charge in [-0.1, -0.05) is 6.07 Å². The van der Waals surface area contributed by atoms with Crippen LogP contribution < -0.4 is 5.32 Å². The van der Waals surface area contributed by atoms with E-state index in [1.165, 1.54) is 4.31 Å². The molecule has 18 heavy (non-hydrogen) atoms. The van der Waals surface area contributed by atoms with Crippen molar-refractivity contribution in [1.29, 1.82) is 0 Å². The van der Waals surface area contributed by atoms with E-state index >= 15 is 0 Å². The molecule has 7 heteroatoms. The van der Waals surface area contributed by atoms with Crippen LogP contribution in [0.5, 0.6) is 0 Å². The highest BCUT2D eigenvalue weighted by atomic mass is 32.2. The molecular weight excluding hydrogens is 272 g/mol. The van der Waals surface area contributed by atoms with Crippen LogP contribution in [0, 0.1) is 0 Å². The Morgan fingerprint density at radius 1 is 1.61 bits per heavy atom. The van der Waals surface area contributed by atoms with Crippen molar-refractivity contribution in [2.24, 2.45) is 0 Å². The first kappa shape index (κ1) is 13.5. The van der Waals surface area contributed by atoms with Gasteiger partial charge in [0.1, 0.15) is 6.04 Å². The summed E-state index contributed by atoms with van der Waals surface area (Å²) in [6.07, 6.45) is 2.49. The number of carbonyl (C=O) groups is 1. The molecule has 0 spiro atoms. The molecule has 100 valence electrons. The lowest BCUT2D eigenvalue weighted by Gasteiger charge is -2.21. The Labute approximate surface area is 111 Å². The molecule has 0 aliphatic carbocycles. The van der Waals surface area contributed by atoms with Crippen LogP contribution in [0.1, 0.15) is 17.7 Å². The zero-order valence-electron chi connectivity index (χ0n) is 10.1. The highest BCUT2D eigenvalue weighted by Gasteiger charge is 2.36. The zero-order chi connectivity index (χ0) is 13.2. The molecule has 5 nitrogen and oxygen atoms in total. The number of sulfonamides is 1. The lowest BCUT2D eigenvalue weighted by molar-refractivity contribution is -0.124. The zero-order valence-corrected chi connectivity index (χ0v) is 11.8. The van der Waals surface area contributed by atoms with Crippen molar-refractivity contribution in [3.8, 4) is 0 Å². The summed E-state index contributed by atoms with van der Waals surface area (Å²) < 4.78 is 24.3. The molecule has 1 saturated heterocycles. The lowest BCUT2D eigenvalue weighted by atomic mass is 10.2. The standard InChI is InChI=1S/C11H16N2O3S2/c1-18(15,16)13-6-2-5-10(13)11(14)12-8-9-4-3-7-17-9/h3-4,7,10H,2,5-6,8H2,1H3,(H,12,14)/t10-/m1/s1. The molecule has 2 heterocycles. The fourth-order valence-corrected chi connectivity index (χ4v) is 3.87. The highest BCUT2D eigenvalue weighted by molar-refractivity contribution is 7.88. The van der Waals surface area contributed by atoms with E-state index in [1.54, 1.807) is 11.3 Å². The first-order chi connectivity index (χ1) is 8.48. The quantitative estimate of drug-likeness (QED) is 0.890. The Kier molecular flexibility index (Phi) is 4.04. The van der Waals surface area contributed by atoms with E-state index in [9.17, 15) is 13.2 Å². The second kappa shape index (κ2) is 5.38. The fraction of sp³-hybridized carbons (Fsp3) is 0.545. The molecule has 0 saturated carbocycles. The predicted octanol–water partition coefficient (Wildman–Crippen LogP) is 0.788. The molecule has 1 atom stereocenters. The average molecular weight is 288 g/mol. The van der Waals surface area contributed by atoms with Gasteiger partial charge in [-0.15, -0.1) is 11.3 Å². The molecular formula is C11H16N2O3S2. The number of amides is 1. The molecule has 2 rings (SSSR count). The molecule has 1 N–H and O–H groups in total. The maximum atomic E-state index is 12.0. The topological polar surface area (TPSA) is 66.5 Å². The van der Waals surface area contributed by atoms with Gasteiger partial charge in [0, 0.05) is 11.4 Å². The molecule has 1 aliphatic rings. The summed E-state index contributed by atoms with van der Waals surface area (Å²) in [7, 11) is -3.29. The summed E-state index contributed by atoms with van der Waals surface area (Å²) in [5.74, 6) is -0.202. The highest BCUT2D eigenvalue weighted by Crippen LogP contribution is 2.20. The second-order valence-corrected chi connectivity index (χ2v) is 7.30. The molecule has 1 aromatic rings. The number of hydrogen-bond donors (Lipinski definition) is 1. The van der Waals surface area contributed by atoms with Crippen LogP contribution in [0.15, 0.2) is 17.5 Å². The van der Waals surface area contributed by atoms with E-state index < -0.39 is 16.1 Å². The van der Waals surface area contributed by atoms with E-state index in [0.29, 0.717) is 19.5 Å². The van der Waals surface area contributed by atoms with Crippen molar-refractivity contribution in [3.63, 3.8) is 0 Å².